The number of aromatic amines is 1. The normalized spacial score (nSPS) is 20.5. The van der Waals surface area contributed by atoms with Gasteiger partial charge in [0.2, 0.25) is 18.2 Å². The SMILES string of the molecule is CN(C=O)C(=O)C(CC1CCCCC1)N(C)CC1CCOC1.N=C(N)c1c(O)n(CC2CCC2)c(=O)[nH]c1=O. The number of amidine groups is 1. The number of amides is 2. The summed E-state index contributed by atoms with van der Waals surface area (Å²) in [7, 11) is 3.58. The zero-order valence-corrected chi connectivity index (χ0v) is 23.2. The summed E-state index contributed by atoms with van der Waals surface area (Å²) in [5.41, 5.74) is 3.36. The largest absolute Gasteiger partial charge is 0.494 e. The number of imide groups is 1. The van der Waals surface area contributed by atoms with Crippen molar-refractivity contribution in [3.63, 3.8) is 0 Å². The maximum absolute atomic E-state index is 12.6. The first-order valence-electron chi connectivity index (χ1n) is 14.0. The summed E-state index contributed by atoms with van der Waals surface area (Å²) in [4.78, 5) is 51.9. The number of ether oxygens (including phenoxy) is 1. The van der Waals surface area contributed by atoms with E-state index in [4.69, 9.17) is 15.9 Å². The number of carbonyl (C=O) groups excluding carboxylic acids is 2. The van der Waals surface area contributed by atoms with Crippen molar-refractivity contribution in [1.29, 1.82) is 5.41 Å². The first kappa shape index (κ1) is 30.6. The Kier molecular flexibility index (Phi) is 11.3. The van der Waals surface area contributed by atoms with Gasteiger partial charge in [0.25, 0.3) is 5.56 Å². The number of H-pyrrole nitrogens is 1. The molecule has 0 spiro atoms. The predicted molar refractivity (Wildman–Crippen MR) is 147 cm³/mol. The number of carbonyl (C=O) groups is 2. The van der Waals surface area contributed by atoms with Gasteiger partial charge in [0.15, 0.2) is 0 Å². The zero-order valence-electron chi connectivity index (χ0n) is 23.2. The number of nitrogens with two attached hydrogens (primary N) is 1. The van der Waals surface area contributed by atoms with Gasteiger partial charge in [-0.25, -0.2) is 4.79 Å². The molecule has 5 N–H and O–H groups in total. The lowest BCUT2D eigenvalue weighted by molar-refractivity contribution is -0.141. The Hall–Kier alpha value is -2.99. The lowest BCUT2D eigenvalue weighted by Crippen LogP contribution is -2.48. The molecular weight excluding hydrogens is 504 g/mol. The molecule has 2 saturated carbocycles. The first-order valence-corrected chi connectivity index (χ1v) is 14.0. The van der Waals surface area contributed by atoms with Gasteiger partial charge >= 0.3 is 5.69 Å². The van der Waals surface area contributed by atoms with Crippen molar-refractivity contribution in [2.24, 2.45) is 23.5 Å². The minimum absolute atomic E-state index is 0.0676. The van der Waals surface area contributed by atoms with Gasteiger partial charge in [-0.3, -0.25) is 39.1 Å². The van der Waals surface area contributed by atoms with E-state index < -0.39 is 23.0 Å². The minimum atomic E-state index is -0.829. The second kappa shape index (κ2) is 14.4. The van der Waals surface area contributed by atoms with Crippen LogP contribution in [0.5, 0.6) is 5.88 Å². The van der Waals surface area contributed by atoms with Crippen molar-refractivity contribution < 1.29 is 19.4 Å². The third-order valence-electron chi connectivity index (χ3n) is 8.28. The monoisotopic (exact) mass is 548 g/mol. The van der Waals surface area contributed by atoms with Gasteiger partial charge in [-0.2, -0.15) is 0 Å². The molecule has 0 bridgehead atoms. The van der Waals surface area contributed by atoms with Crippen molar-refractivity contribution in [3.05, 3.63) is 26.4 Å². The number of rotatable bonds is 10. The number of aromatic nitrogens is 2. The molecule has 2 unspecified atom stereocenters. The molecule has 2 atom stereocenters. The van der Waals surface area contributed by atoms with E-state index in [1.165, 1.54) is 37.0 Å². The molecule has 2 aliphatic carbocycles. The lowest BCUT2D eigenvalue weighted by Gasteiger charge is -2.34. The minimum Gasteiger partial charge on any atom is -0.494 e. The molecular formula is C27H44N6O6. The van der Waals surface area contributed by atoms with E-state index in [1.807, 2.05) is 7.05 Å². The van der Waals surface area contributed by atoms with E-state index in [2.05, 4.69) is 9.88 Å². The zero-order chi connectivity index (χ0) is 28.5. The average Bonchev–Trinajstić information content (AvgIpc) is 3.38. The van der Waals surface area contributed by atoms with Crippen LogP contribution in [-0.2, 0) is 20.9 Å². The van der Waals surface area contributed by atoms with E-state index >= 15 is 0 Å². The topological polar surface area (TPSA) is 175 Å². The Morgan fingerprint density at radius 3 is 2.33 bits per heavy atom. The number of nitrogens with one attached hydrogen (secondary N) is 2. The fraction of sp³-hybridized carbons (Fsp3) is 0.741. The molecule has 39 heavy (non-hydrogen) atoms. The van der Waals surface area contributed by atoms with Crippen LogP contribution in [0.15, 0.2) is 9.59 Å². The second-order valence-corrected chi connectivity index (χ2v) is 11.3. The molecule has 0 radical (unpaired) electrons. The summed E-state index contributed by atoms with van der Waals surface area (Å²) < 4.78 is 6.51. The van der Waals surface area contributed by atoms with Gasteiger partial charge in [-0.05, 0) is 50.5 Å². The van der Waals surface area contributed by atoms with Crippen molar-refractivity contribution in [2.75, 3.05) is 33.9 Å². The van der Waals surface area contributed by atoms with Crippen LogP contribution in [0.2, 0.25) is 0 Å². The van der Waals surface area contributed by atoms with Crippen molar-refractivity contribution in [2.45, 2.75) is 76.8 Å². The van der Waals surface area contributed by atoms with E-state index in [0.717, 1.165) is 56.4 Å². The number of likely N-dealkylation sites (N-methyl/N-ethyl adjacent to an activating group) is 2. The van der Waals surface area contributed by atoms with Crippen molar-refractivity contribution >= 4 is 18.2 Å². The van der Waals surface area contributed by atoms with Crippen LogP contribution in [0, 0.1) is 23.2 Å². The molecule has 2 heterocycles. The van der Waals surface area contributed by atoms with Gasteiger partial charge in [-0.1, -0.05) is 38.5 Å². The fourth-order valence-electron chi connectivity index (χ4n) is 5.66. The second-order valence-electron chi connectivity index (χ2n) is 11.3. The van der Waals surface area contributed by atoms with Gasteiger partial charge in [0, 0.05) is 26.7 Å². The summed E-state index contributed by atoms with van der Waals surface area (Å²) in [5, 5.41) is 17.0. The Bertz CT molecular complexity index is 1100. The number of hydrogen-bond acceptors (Lipinski definition) is 8. The molecule has 1 saturated heterocycles. The molecule has 0 aromatic carbocycles. The number of aromatic hydroxyl groups is 1. The molecule has 12 heteroatoms. The van der Waals surface area contributed by atoms with Crippen LogP contribution >= 0.6 is 0 Å². The summed E-state index contributed by atoms with van der Waals surface area (Å²) in [6, 6.07) is -0.182. The number of hydrogen-bond donors (Lipinski definition) is 4. The van der Waals surface area contributed by atoms with Crippen LogP contribution in [0.1, 0.15) is 69.8 Å². The van der Waals surface area contributed by atoms with E-state index in [9.17, 15) is 24.3 Å². The third kappa shape index (κ3) is 8.25. The molecule has 3 aliphatic rings. The quantitative estimate of drug-likeness (QED) is 0.192. The summed E-state index contributed by atoms with van der Waals surface area (Å²) >= 11 is 0. The molecule has 1 aliphatic heterocycles. The molecule has 3 fully saturated rings. The molecule has 1 aromatic heterocycles. The number of nitrogen functional groups attached to an aromatic ring is 1. The highest BCUT2D eigenvalue weighted by Crippen LogP contribution is 2.30. The first-order chi connectivity index (χ1) is 18.6. The standard InChI is InChI=1S/C17H30N2O3.C10H14N4O3/c1-18(11-15-8-9-22-12-15)16(17(21)19(2)13-20)10-14-6-4-3-5-7-14;11-7(12)6-8(15)13-10(17)14(9(6)16)4-5-2-1-3-5/h13-16H,3-12H2,1-2H3;5,16H,1-4H2,(H3,11,12)(H,13,15,17). The maximum Gasteiger partial charge on any atom is 0.331 e. The highest BCUT2D eigenvalue weighted by molar-refractivity contribution is 5.96. The predicted octanol–water partition coefficient (Wildman–Crippen LogP) is 1.23. The Labute approximate surface area is 229 Å². The molecule has 2 amide bonds. The fourth-order valence-corrected chi connectivity index (χ4v) is 5.66. The molecule has 4 rings (SSSR count). The van der Waals surface area contributed by atoms with E-state index in [-0.39, 0.29) is 17.5 Å². The van der Waals surface area contributed by atoms with Crippen LogP contribution in [0.25, 0.3) is 0 Å². The van der Waals surface area contributed by atoms with Gasteiger partial charge in [-0.15, -0.1) is 0 Å². The molecule has 12 nitrogen and oxygen atoms in total. The summed E-state index contributed by atoms with van der Waals surface area (Å²) in [5.74, 6) is 0.328. The smallest absolute Gasteiger partial charge is 0.331 e. The van der Waals surface area contributed by atoms with Gasteiger partial charge in [0.1, 0.15) is 11.4 Å². The maximum atomic E-state index is 12.6. The van der Waals surface area contributed by atoms with E-state index in [0.29, 0.717) is 30.7 Å². The van der Waals surface area contributed by atoms with Crippen LogP contribution in [-0.4, -0.2) is 82.5 Å². The highest BCUT2D eigenvalue weighted by Gasteiger charge is 2.31. The van der Waals surface area contributed by atoms with Gasteiger partial charge in [0.05, 0.1) is 12.6 Å². The summed E-state index contributed by atoms with van der Waals surface area (Å²) in [6.45, 7) is 2.84. The van der Waals surface area contributed by atoms with Crippen LogP contribution in [0.4, 0.5) is 0 Å². The van der Waals surface area contributed by atoms with Crippen molar-refractivity contribution in [3.8, 4) is 5.88 Å². The third-order valence-corrected chi connectivity index (χ3v) is 8.28. The highest BCUT2D eigenvalue weighted by atomic mass is 16.5. The average molecular weight is 549 g/mol. The number of nitrogens with zero attached hydrogens (tertiary/aromatic N) is 3. The Balaban J connectivity index is 0.000000223. The lowest BCUT2D eigenvalue weighted by atomic mass is 9.84. The van der Waals surface area contributed by atoms with Gasteiger partial charge < -0.3 is 15.6 Å². The molecule has 218 valence electrons. The van der Waals surface area contributed by atoms with Crippen LogP contribution < -0.4 is 17.0 Å². The van der Waals surface area contributed by atoms with Crippen molar-refractivity contribution in [1.82, 2.24) is 19.4 Å². The summed E-state index contributed by atoms with van der Waals surface area (Å²) in [6.07, 6.45) is 12.0. The Morgan fingerprint density at radius 2 is 1.79 bits per heavy atom. The van der Waals surface area contributed by atoms with Crippen LogP contribution in [0.3, 0.4) is 0 Å². The van der Waals surface area contributed by atoms with E-state index in [1.54, 1.807) is 7.05 Å². The Morgan fingerprint density at radius 1 is 1.13 bits per heavy atom. The molecule has 1 aromatic rings.